The van der Waals surface area contributed by atoms with Crippen LogP contribution in [-0.2, 0) is 13.6 Å². The third-order valence-electron chi connectivity index (χ3n) is 5.72. The SMILES string of the molecule is CCOc1cc(OC(C)C)c(F)c(N(Cc2ncc(-c3ccccc3)n2C)c2ccc(C#N)cc2)c1. The lowest BCUT2D eigenvalue weighted by molar-refractivity contribution is 0.229. The molecule has 0 bridgehead atoms. The number of hydrogen-bond acceptors (Lipinski definition) is 5. The molecule has 0 radical (unpaired) electrons. The first-order valence-corrected chi connectivity index (χ1v) is 11.9. The van der Waals surface area contributed by atoms with Gasteiger partial charge in [0.15, 0.2) is 11.6 Å². The van der Waals surface area contributed by atoms with E-state index in [0.29, 0.717) is 29.3 Å². The Morgan fingerprint density at radius 1 is 1.08 bits per heavy atom. The molecule has 1 aromatic heterocycles. The van der Waals surface area contributed by atoms with Crippen molar-refractivity contribution in [2.45, 2.75) is 33.4 Å². The molecule has 0 aliphatic rings. The average Bonchev–Trinajstić information content (AvgIpc) is 3.25. The van der Waals surface area contributed by atoms with E-state index in [1.807, 2.05) is 73.8 Å². The van der Waals surface area contributed by atoms with E-state index in [2.05, 4.69) is 11.1 Å². The van der Waals surface area contributed by atoms with Crippen molar-refractivity contribution in [1.29, 1.82) is 5.26 Å². The molecule has 184 valence electrons. The molecule has 0 unspecified atom stereocenters. The van der Waals surface area contributed by atoms with Gasteiger partial charge in [-0.3, -0.25) is 0 Å². The summed E-state index contributed by atoms with van der Waals surface area (Å²) in [6.45, 7) is 6.29. The third kappa shape index (κ3) is 5.33. The number of hydrogen-bond donors (Lipinski definition) is 0. The van der Waals surface area contributed by atoms with Crippen molar-refractivity contribution in [2.24, 2.45) is 7.05 Å². The van der Waals surface area contributed by atoms with Gasteiger partial charge in [-0.05, 0) is 50.6 Å². The first-order valence-electron chi connectivity index (χ1n) is 11.9. The highest BCUT2D eigenvalue weighted by atomic mass is 19.1. The minimum absolute atomic E-state index is 0.120. The zero-order valence-corrected chi connectivity index (χ0v) is 20.9. The monoisotopic (exact) mass is 484 g/mol. The highest BCUT2D eigenvalue weighted by molar-refractivity contribution is 5.68. The van der Waals surface area contributed by atoms with E-state index in [1.54, 1.807) is 36.4 Å². The number of nitrogens with zero attached hydrogens (tertiary/aromatic N) is 4. The Bertz CT molecular complexity index is 1360. The highest BCUT2D eigenvalue weighted by Crippen LogP contribution is 2.38. The molecule has 7 heteroatoms. The van der Waals surface area contributed by atoms with Crippen molar-refractivity contribution in [1.82, 2.24) is 9.55 Å². The summed E-state index contributed by atoms with van der Waals surface area (Å²) in [5, 5.41) is 9.26. The summed E-state index contributed by atoms with van der Waals surface area (Å²) in [4.78, 5) is 6.48. The maximum Gasteiger partial charge on any atom is 0.188 e. The Morgan fingerprint density at radius 3 is 2.44 bits per heavy atom. The van der Waals surface area contributed by atoms with Gasteiger partial charge in [0.25, 0.3) is 0 Å². The van der Waals surface area contributed by atoms with Crippen LogP contribution in [0.5, 0.6) is 11.5 Å². The maximum absolute atomic E-state index is 15.9. The van der Waals surface area contributed by atoms with Crippen LogP contribution in [-0.4, -0.2) is 22.3 Å². The molecule has 0 N–H and O–H groups in total. The Kier molecular flexibility index (Phi) is 7.55. The van der Waals surface area contributed by atoms with E-state index in [0.717, 1.165) is 17.1 Å². The van der Waals surface area contributed by atoms with Gasteiger partial charge in [0.2, 0.25) is 0 Å². The minimum Gasteiger partial charge on any atom is -0.494 e. The van der Waals surface area contributed by atoms with E-state index in [1.165, 1.54) is 0 Å². The second kappa shape index (κ2) is 11.0. The zero-order chi connectivity index (χ0) is 25.7. The van der Waals surface area contributed by atoms with Crippen molar-refractivity contribution >= 4 is 11.4 Å². The molecular formula is C29H29FN4O2. The van der Waals surface area contributed by atoms with Crippen molar-refractivity contribution < 1.29 is 13.9 Å². The number of rotatable bonds is 9. The molecule has 3 aromatic carbocycles. The number of imidazole rings is 1. The summed E-state index contributed by atoms with van der Waals surface area (Å²) >= 11 is 0. The van der Waals surface area contributed by atoms with Crippen LogP contribution in [0.3, 0.4) is 0 Å². The fourth-order valence-electron chi connectivity index (χ4n) is 3.99. The van der Waals surface area contributed by atoms with Gasteiger partial charge in [-0.2, -0.15) is 5.26 Å². The van der Waals surface area contributed by atoms with Crippen molar-refractivity contribution in [3.63, 3.8) is 0 Å². The number of benzene rings is 3. The predicted molar refractivity (Wildman–Crippen MR) is 139 cm³/mol. The summed E-state index contributed by atoms with van der Waals surface area (Å²) in [6, 6.07) is 22.4. The molecule has 0 atom stereocenters. The van der Waals surface area contributed by atoms with Crippen molar-refractivity contribution in [3.05, 3.63) is 90.1 Å². The average molecular weight is 485 g/mol. The molecular weight excluding hydrogens is 455 g/mol. The summed E-state index contributed by atoms with van der Waals surface area (Å²) in [5.41, 5.74) is 3.53. The van der Waals surface area contributed by atoms with Gasteiger partial charge in [0, 0.05) is 24.9 Å². The molecule has 1 heterocycles. The van der Waals surface area contributed by atoms with Crippen LogP contribution >= 0.6 is 0 Å². The number of anilines is 2. The largest absolute Gasteiger partial charge is 0.494 e. The second-order valence-corrected chi connectivity index (χ2v) is 8.58. The van der Waals surface area contributed by atoms with E-state index in [9.17, 15) is 5.26 Å². The Balaban J connectivity index is 1.83. The topological polar surface area (TPSA) is 63.3 Å². The molecule has 0 spiro atoms. The van der Waals surface area contributed by atoms with Crippen LogP contribution in [0.25, 0.3) is 11.3 Å². The second-order valence-electron chi connectivity index (χ2n) is 8.58. The maximum atomic E-state index is 15.9. The molecule has 0 fully saturated rings. The predicted octanol–water partition coefficient (Wildman–Crippen LogP) is 6.62. The summed E-state index contributed by atoms with van der Waals surface area (Å²) in [5.74, 6) is 0.877. The fourth-order valence-corrected chi connectivity index (χ4v) is 3.99. The standard InChI is InChI=1S/C29H29FN4O2/c1-5-35-24-15-25(29(30)27(16-24)36-20(2)3)34(23-13-11-21(17-31)12-14-23)19-28-32-18-26(33(28)4)22-9-7-6-8-10-22/h6-16,18,20H,5,19H2,1-4H3. The fraction of sp³-hybridized carbons (Fsp3) is 0.241. The molecule has 0 aliphatic heterocycles. The molecule has 0 amide bonds. The third-order valence-corrected chi connectivity index (χ3v) is 5.72. The highest BCUT2D eigenvalue weighted by Gasteiger charge is 2.23. The molecule has 0 aliphatic carbocycles. The van der Waals surface area contributed by atoms with Gasteiger partial charge in [-0.25, -0.2) is 9.37 Å². The van der Waals surface area contributed by atoms with E-state index in [4.69, 9.17) is 9.47 Å². The van der Waals surface area contributed by atoms with Gasteiger partial charge < -0.3 is 18.9 Å². The Morgan fingerprint density at radius 2 is 1.81 bits per heavy atom. The molecule has 0 saturated carbocycles. The zero-order valence-electron chi connectivity index (χ0n) is 20.9. The van der Waals surface area contributed by atoms with Gasteiger partial charge in [-0.1, -0.05) is 30.3 Å². The Hall–Kier alpha value is -4.31. The van der Waals surface area contributed by atoms with Gasteiger partial charge in [-0.15, -0.1) is 0 Å². The summed E-state index contributed by atoms with van der Waals surface area (Å²) < 4.78 is 29.4. The van der Waals surface area contributed by atoms with Crippen LogP contribution in [0.2, 0.25) is 0 Å². The van der Waals surface area contributed by atoms with E-state index < -0.39 is 5.82 Å². The molecule has 6 nitrogen and oxygen atoms in total. The van der Waals surface area contributed by atoms with Crippen molar-refractivity contribution in [3.8, 4) is 28.8 Å². The Labute approximate surface area is 211 Å². The minimum atomic E-state index is -0.492. The lowest BCUT2D eigenvalue weighted by atomic mass is 10.1. The van der Waals surface area contributed by atoms with E-state index in [-0.39, 0.29) is 18.4 Å². The summed E-state index contributed by atoms with van der Waals surface area (Å²) in [7, 11) is 1.95. The number of nitriles is 1. The first-order chi connectivity index (χ1) is 17.4. The lowest BCUT2D eigenvalue weighted by Crippen LogP contribution is -2.21. The number of ether oxygens (including phenoxy) is 2. The first kappa shape index (κ1) is 24.8. The lowest BCUT2D eigenvalue weighted by Gasteiger charge is -2.27. The molecule has 0 saturated heterocycles. The molecule has 4 aromatic rings. The van der Waals surface area contributed by atoms with Gasteiger partial charge >= 0.3 is 0 Å². The van der Waals surface area contributed by atoms with E-state index >= 15 is 4.39 Å². The van der Waals surface area contributed by atoms with Crippen LogP contribution in [0, 0.1) is 17.1 Å². The number of aromatic nitrogens is 2. The quantitative estimate of drug-likeness (QED) is 0.267. The van der Waals surface area contributed by atoms with Crippen LogP contribution in [0.1, 0.15) is 32.2 Å². The van der Waals surface area contributed by atoms with Gasteiger partial charge in [0.1, 0.15) is 11.6 Å². The summed E-state index contributed by atoms with van der Waals surface area (Å²) in [6.07, 6.45) is 1.61. The van der Waals surface area contributed by atoms with Crippen LogP contribution < -0.4 is 14.4 Å². The van der Waals surface area contributed by atoms with Crippen LogP contribution in [0.15, 0.2) is 72.9 Å². The smallest absolute Gasteiger partial charge is 0.188 e. The van der Waals surface area contributed by atoms with Gasteiger partial charge in [0.05, 0.1) is 48.5 Å². The van der Waals surface area contributed by atoms with Crippen LogP contribution in [0.4, 0.5) is 15.8 Å². The normalized spacial score (nSPS) is 10.8. The molecule has 4 rings (SSSR count). The van der Waals surface area contributed by atoms with Crippen molar-refractivity contribution in [2.75, 3.05) is 11.5 Å². The molecule has 36 heavy (non-hydrogen) atoms. The number of halogens is 1.